The van der Waals surface area contributed by atoms with Gasteiger partial charge in [-0.25, -0.2) is 0 Å². The zero-order valence-corrected chi connectivity index (χ0v) is 30.5. The second-order valence-electron chi connectivity index (χ2n) is 12.7. The van der Waals surface area contributed by atoms with Crippen molar-refractivity contribution in [2.45, 2.75) is 53.0 Å². The third kappa shape index (κ3) is 6.49. The van der Waals surface area contributed by atoms with Gasteiger partial charge in [0.1, 0.15) is 0 Å². The standard InChI is InChI=1S/C44H39Br2N/c1-4-5-6-7-24-47-43-27-35(39-20-12-33(25-29(39)2)31-8-16-37(45)17-9-31)14-22-41(43)42-23-15-36(28-44(42)47)40-21-13-34(26-30(40)3)32-10-18-38(46)19-11-32/h8-23,25-28H,4-7,24H2,1-3H3. The third-order valence-corrected chi connectivity index (χ3v) is 10.6. The maximum atomic E-state index is 3.56. The van der Waals surface area contributed by atoms with Crippen LogP contribution in [0.2, 0.25) is 0 Å². The molecule has 6 aromatic carbocycles. The molecule has 0 bridgehead atoms. The van der Waals surface area contributed by atoms with Gasteiger partial charge in [0.2, 0.25) is 0 Å². The minimum atomic E-state index is 1.02. The lowest BCUT2D eigenvalue weighted by Gasteiger charge is -2.12. The topological polar surface area (TPSA) is 4.93 Å². The molecule has 0 fully saturated rings. The minimum absolute atomic E-state index is 1.02. The van der Waals surface area contributed by atoms with Gasteiger partial charge in [-0.05, 0) is 112 Å². The number of nitrogens with zero attached hydrogens (tertiary/aromatic N) is 1. The highest BCUT2D eigenvalue weighted by Gasteiger charge is 2.15. The maximum absolute atomic E-state index is 3.56. The summed E-state index contributed by atoms with van der Waals surface area (Å²) in [6, 6.07) is 45.0. The molecule has 47 heavy (non-hydrogen) atoms. The van der Waals surface area contributed by atoms with E-state index in [0.717, 1.165) is 15.5 Å². The summed E-state index contributed by atoms with van der Waals surface area (Å²) in [5.74, 6) is 0. The van der Waals surface area contributed by atoms with Crippen molar-refractivity contribution < 1.29 is 0 Å². The Morgan fingerprint density at radius 2 is 0.872 bits per heavy atom. The Labute approximate surface area is 295 Å². The van der Waals surface area contributed by atoms with Crippen LogP contribution in [0.25, 0.3) is 66.3 Å². The smallest absolute Gasteiger partial charge is 0.0497 e. The van der Waals surface area contributed by atoms with Gasteiger partial charge in [0, 0.05) is 37.3 Å². The van der Waals surface area contributed by atoms with Gasteiger partial charge in [0.15, 0.2) is 0 Å². The summed E-state index contributed by atoms with van der Waals surface area (Å²) in [5, 5.41) is 2.66. The normalized spacial score (nSPS) is 11.5. The number of aromatic nitrogens is 1. The average Bonchev–Trinajstić information content (AvgIpc) is 3.39. The molecule has 0 aliphatic carbocycles. The fourth-order valence-corrected chi connectivity index (χ4v) is 7.52. The molecule has 0 saturated carbocycles. The maximum Gasteiger partial charge on any atom is 0.0497 e. The van der Waals surface area contributed by atoms with Gasteiger partial charge in [0.25, 0.3) is 0 Å². The van der Waals surface area contributed by atoms with Crippen LogP contribution < -0.4 is 0 Å². The molecule has 0 N–H and O–H groups in total. The van der Waals surface area contributed by atoms with Gasteiger partial charge in [-0.1, -0.05) is 143 Å². The Morgan fingerprint density at radius 3 is 1.30 bits per heavy atom. The summed E-state index contributed by atoms with van der Waals surface area (Å²) in [4.78, 5) is 0. The number of fused-ring (bicyclic) bond motifs is 3. The van der Waals surface area contributed by atoms with Crippen molar-refractivity contribution in [3.63, 3.8) is 0 Å². The number of benzene rings is 6. The highest BCUT2D eigenvalue weighted by molar-refractivity contribution is 9.10. The van der Waals surface area contributed by atoms with Gasteiger partial charge >= 0.3 is 0 Å². The van der Waals surface area contributed by atoms with E-state index in [1.54, 1.807) is 0 Å². The van der Waals surface area contributed by atoms with Crippen LogP contribution in [0.15, 0.2) is 130 Å². The van der Waals surface area contributed by atoms with Gasteiger partial charge in [0.05, 0.1) is 0 Å². The van der Waals surface area contributed by atoms with E-state index >= 15 is 0 Å². The highest BCUT2D eigenvalue weighted by atomic mass is 79.9. The van der Waals surface area contributed by atoms with Crippen LogP contribution in [0.1, 0.15) is 43.7 Å². The number of rotatable bonds is 9. The molecule has 0 aliphatic rings. The number of unbranched alkanes of at least 4 members (excludes halogenated alkanes) is 3. The van der Waals surface area contributed by atoms with Crippen LogP contribution in [-0.2, 0) is 6.54 Å². The van der Waals surface area contributed by atoms with E-state index in [-0.39, 0.29) is 0 Å². The van der Waals surface area contributed by atoms with Crippen molar-refractivity contribution in [1.82, 2.24) is 4.57 Å². The summed E-state index contributed by atoms with van der Waals surface area (Å²) in [5.41, 5.74) is 15.3. The number of hydrogen-bond acceptors (Lipinski definition) is 0. The van der Waals surface area contributed by atoms with E-state index < -0.39 is 0 Å². The lowest BCUT2D eigenvalue weighted by molar-refractivity contribution is 0.602. The number of aryl methyl sites for hydroxylation is 3. The van der Waals surface area contributed by atoms with Crippen molar-refractivity contribution >= 4 is 53.7 Å². The van der Waals surface area contributed by atoms with Gasteiger partial charge in [-0.2, -0.15) is 0 Å². The Balaban J connectivity index is 1.29. The first kappa shape index (κ1) is 31.7. The van der Waals surface area contributed by atoms with Crippen LogP contribution in [0.5, 0.6) is 0 Å². The highest BCUT2D eigenvalue weighted by Crippen LogP contribution is 2.38. The van der Waals surface area contributed by atoms with Gasteiger partial charge in [-0.15, -0.1) is 0 Å². The van der Waals surface area contributed by atoms with Crippen LogP contribution in [0.3, 0.4) is 0 Å². The summed E-state index contributed by atoms with van der Waals surface area (Å²) in [7, 11) is 0. The summed E-state index contributed by atoms with van der Waals surface area (Å²) in [6.07, 6.45) is 4.96. The van der Waals surface area contributed by atoms with Crippen LogP contribution in [0, 0.1) is 13.8 Å². The first-order valence-electron chi connectivity index (χ1n) is 16.7. The fraction of sp³-hybridized carbons (Fsp3) is 0.182. The minimum Gasteiger partial charge on any atom is -0.340 e. The van der Waals surface area contributed by atoms with Crippen molar-refractivity contribution in [3.05, 3.63) is 141 Å². The van der Waals surface area contributed by atoms with Crippen LogP contribution in [0.4, 0.5) is 0 Å². The second kappa shape index (κ2) is 13.7. The lowest BCUT2D eigenvalue weighted by Crippen LogP contribution is -1.98. The number of halogens is 2. The average molecular weight is 742 g/mol. The van der Waals surface area contributed by atoms with Crippen LogP contribution >= 0.6 is 31.9 Å². The van der Waals surface area contributed by atoms with Gasteiger partial charge < -0.3 is 4.57 Å². The Kier molecular flexibility index (Phi) is 9.21. The molecule has 3 heteroatoms. The summed E-state index contributed by atoms with van der Waals surface area (Å²) < 4.78 is 4.79. The summed E-state index contributed by atoms with van der Waals surface area (Å²) in [6.45, 7) is 7.78. The monoisotopic (exact) mass is 739 g/mol. The molecule has 0 aliphatic heterocycles. The molecule has 1 aromatic heterocycles. The molecule has 7 aromatic rings. The molecule has 1 nitrogen and oxygen atoms in total. The molecule has 0 atom stereocenters. The fourth-order valence-electron chi connectivity index (χ4n) is 6.99. The third-order valence-electron chi connectivity index (χ3n) is 9.53. The quantitative estimate of drug-likeness (QED) is 0.130. The van der Waals surface area contributed by atoms with E-state index in [2.05, 4.69) is 179 Å². The largest absolute Gasteiger partial charge is 0.340 e. The predicted octanol–water partition coefficient (Wildman–Crippen LogP) is 14.2. The molecular formula is C44H39Br2N. The first-order chi connectivity index (χ1) is 22.9. The second-order valence-corrected chi connectivity index (χ2v) is 14.6. The molecule has 0 spiro atoms. The Hall–Kier alpha value is -3.92. The van der Waals surface area contributed by atoms with E-state index in [1.165, 1.54) is 103 Å². The van der Waals surface area contributed by atoms with Crippen molar-refractivity contribution in [1.29, 1.82) is 0 Å². The molecular weight excluding hydrogens is 702 g/mol. The zero-order chi connectivity index (χ0) is 32.5. The van der Waals surface area contributed by atoms with E-state index in [4.69, 9.17) is 0 Å². The molecule has 1 heterocycles. The van der Waals surface area contributed by atoms with E-state index in [1.807, 2.05) is 0 Å². The molecule has 0 saturated heterocycles. The molecule has 0 radical (unpaired) electrons. The van der Waals surface area contributed by atoms with E-state index in [0.29, 0.717) is 0 Å². The van der Waals surface area contributed by atoms with Crippen molar-refractivity contribution in [2.24, 2.45) is 0 Å². The molecule has 234 valence electrons. The zero-order valence-electron chi connectivity index (χ0n) is 27.3. The van der Waals surface area contributed by atoms with Crippen LogP contribution in [-0.4, -0.2) is 4.57 Å². The number of hydrogen-bond donors (Lipinski definition) is 0. The molecule has 0 amide bonds. The SMILES string of the molecule is CCCCCCn1c2cc(-c3ccc(-c4ccc(Br)cc4)cc3C)ccc2c2ccc(-c3ccc(-c4ccc(Br)cc4)cc3C)cc21. The van der Waals surface area contributed by atoms with Crippen molar-refractivity contribution in [3.8, 4) is 44.5 Å². The Bertz CT molecular complexity index is 2050. The van der Waals surface area contributed by atoms with E-state index in [9.17, 15) is 0 Å². The molecule has 0 unspecified atom stereocenters. The predicted molar refractivity (Wildman–Crippen MR) is 210 cm³/mol. The summed E-state index contributed by atoms with van der Waals surface area (Å²) >= 11 is 7.13. The van der Waals surface area contributed by atoms with Gasteiger partial charge in [-0.3, -0.25) is 0 Å². The van der Waals surface area contributed by atoms with Crippen molar-refractivity contribution in [2.75, 3.05) is 0 Å². The first-order valence-corrected chi connectivity index (χ1v) is 18.3. The molecule has 7 rings (SSSR count). The lowest BCUT2D eigenvalue weighted by atomic mass is 9.94. The Morgan fingerprint density at radius 1 is 0.447 bits per heavy atom.